The summed E-state index contributed by atoms with van der Waals surface area (Å²) in [6.45, 7) is 5.34. The number of rotatable bonds is 1. The molecule has 0 N–H and O–H groups in total. The van der Waals surface area contributed by atoms with Gasteiger partial charge in [0, 0.05) is 0 Å². The van der Waals surface area contributed by atoms with Gasteiger partial charge in [-0.05, 0) is 39.0 Å². The number of benzene rings is 1. The fourth-order valence-corrected chi connectivity index (χ4v) is 1.34. The summed E-state index contributed by atoms with van der Waals surface area (Å²) in [7, 11) is 0. The third kappa shape index (κ3) is 3.25. The van der Waals surface area contributed by atoms with Gasteiger partial charge < -0.3 is 4.74 Å². The molecule has 0 aliphatic carbocycles. The van der Waals surface area contributed by atoms with Crippen molar-refractivity contribution in [3.05, 3.63) is 34.3 Å². The molecular weight excluding hydrogens is 226 g/mol. The Labute approximate surface area is 99.6 Å². The largest absolute Gasteiger partial charge is 0.456 e. The highest BCUT2D eigenvalue weighted by Gasteiger charge is 2.19. The van der Waals surface area contributed by atoms with E-state index in [1.807, 2.05) is 6.07 Å². The van der Waals surface area contributed by atoms with Crippen LogP contribution in [-0.4, -0.2) is 11.6 Å². The lowest BCUT2D eigenvalue weighted by Crippen LogP contribution is -2.24. The highest BCUT2D eigenvalue weighted by molar-refractivity contribution is 6.33. The van der Waals surface area contributed by atoms with Crippen LogP contribution in [0.4, 0.5) is 0 Å². The van der Waals surface area contributed by atoms with Gasteiger partial charge in [0.1, 0.15) is 5.60 Å². The Balaban J connectivity index is 2.98. The number of carbonyl (C=O) groups is 1. The van der Waals surface area contributed by atoms with E-state index in [0.717, 1.165) is 0 Å². The smallest absolute Gasteiger partial charge is 0.340 e. The molecule has 1 aromatic rings. The predicted molar refractivity (Wildman–Crippen MR) is 61.3 cm³/mol. The first-order valence-corrected chi connectivity index (χ1v) is 5.14. The Morgan fingerprint density at radius 2 is 2.06 bits per heavy atom. The standard InChI is InChI=1S/C12H12ClNO2/c1-12(2,3)16-11(15)9-5-4-8(7-14)6-10(9)13/h4-6H,1-3H3. The maximum atomic E-state index is 11.7. The quantitative estimate of drug-likeness (QED) is 0.705. The molecule has 0 aliphatic heterocycles. The van der Waals surface area contributed by atoms with Gasteiger partial charge >= 0.3 is 5.97 Å². The molecular formula is C12H12ClNO2. The van der Waals surface area contributed by atoms with E-state index in [1.54, 1.807) is 20.8 Å². The lowest BCUT2D eigenvalue weighted by Gasteiger charge is -2.19. The van der Waals surface area contributed by atoms with E-state index in [4.69, 9.17) is 21.6 Å². The minimum atomic E-state index is -0.561. The van der Waals surface area contributed by atoms with Crippen LogP contribution in [0, 0.1) is 11.3 Å². The van der Waals surface area contributed by atoms with Gasteiger partial charge in [0.05, 0.1) is 22.2 Å². The number of halogens is 1. The van der Waals surface area contributed by atoms with Gasteiger partial charge in [0.25, 0.3) is 0 Å². The van der Waals surface area contributed by atoms with Crippen LogP contribution in [0.15, 0.2) is 18.2 Å². The molecule has 0 atom stereocenters. The molecule has 0 saturated heterocycles. The second kappa shape index (κ2) is 4.54. The SMILES string of the molecule is CC(C)(C)OC(=O)c1ccc(C#N)cc1Cl. The average Bonchev–Trinajstić information content (AvgIpc) is 2.14. The summed E-state index contributed by atoms with van der Waals surface area (Å²) in [4.78, 5) is 11.7. The molecule has 3 nitrogen and oxygen atoms in total. The van der Waals surface area contributed by atoms with Gasteiger partial charge in [-0.25, -0.2) is 4.79 Å². The minimum Gasteiger partial charge on any atom is -0.456 e. The Morgan fingerprint density at radius 3 is 2.50 bits per heavy atom. The molecule has 1 aromatic carbocycles. The summed E-state index contributed by atoms with van der Waals surface area (Å²) >= 11 is 5.88. The van der Waals surface area contributed by atoms with Crippen molar-refractivity contribution in [1.29, 1.82) is 5.26 Å². The maximum Gasteiger partial charge on any atom is 0.340 e. The monoisotopic (exact) mass is 237 g/mol. The average molecular weight is 238 g/mol. The molecule has 16 heavy (non-hydrogen) atoms. The third-order valence-electron chi connectivity index (χ3n) is 1.72. The molecule has 0 bridgehead atoms. The number of esters is 1. The van der Waals surface area contributed by atoms with Crippen LogP contribution in [0.5, 0.6) is 0 Å². The molecule has 0 fully saturated rings. The molecule has 0 radical (unpaired) electrons. The first kappa shape index (κ1) is 12.5. The zero-order valence-corrected chi connectivity index (χ0v) is 10.1. The first-order valence-electron chi connectivity index (χ1n) is 4.76. The van der Waals surface area contributed by atoms with Crippen LogP contribution in [-0.2, 0) is 4.74 Å². The lowest BCUT2D eigenvalue weighted by atomic mass is 10.1. The highest BCUT2D eigenvalue weighted by atomic mass is 35.5. The van der Waals surface area contributed by atoms with Gasteiger partial charge in [-0.3, -0.25) is 0 Å². The fraction of sp³-hybridized carbons (Fsp3) is 0.333. The summed E-state index contributed by atoms with van der Waals surface area (Å²) in [5.41, 5.74) is 0.127. The van der Waals surface area contributed by atoms with E-state index in [2.05, 4.69) is 0 Å². The van der Waals surface area contributed by atoms with Crippen LogP contribution < -0.4 is 0 Å². The van der Waals surface area contributed by atoms with E-state index < -0.39 is 11.6 Å². The molecule has 84 valence electrons. The second-order valence-electron chi connectivity index (χ2n) is 4.31. The summed E-state index contributed by atoms with van der Waals surface area (Å²) in [5, 5.41) is 8.88. The zero-order valence-electron chi connectivity index (χ0n) is 9.37. The molecule has 0 aliphatic rings. The van der Waals surface area contributed by atoms with Crippen LogP contribution in [0.25, 0.3) is 0 Å². The molecule has 4 heteroatoms. The number of hydrogen-bond acceptors (Lipinski definition) is 3. The molecule has 0 aromatic heterocycles. The third-order valence-corrected chi connectivity index (χ3v) is 2.03. The topological polar surface area (TPSA) is 50.1 Å². The Hall–Kier alpha value is -1.53. The van der Waals surface area contributed by atoms with Gasteiger partial charge in [-0.15, -0.1) is 0 Å². The molecule has 1 rings (SSSR count). The Bertz CT molecular complexity index is 455. The van der Waals surface area contributed by atoms with Gasteiger partial charge in [-0.2, -0.15) is 5.26 Å². The predicted octanol–water partition coefficient (Wildman–Crippen LogP) is 3.17. The van der Waals surface area contributed by atoms with Crippen molar-refractivity contribution in [2.24, 2.45) is 0 Å². The Morgan fingerprint density at radius 1 is 1.44 bits per heavy atom. The first-order chi connectivity index (χ1) is 7.33. The maximum absolute atomic E-state index is 11.7. The van der Waals surface area contributed by atoms with Crippen molar-refractivity contribution in [1.82, 2.24) is 0 Å². The van der Waals surface area contributed by atoms with E-state index >= 15 is 0 Å². The van der Waals surface area contributed by atoms with Crippen molar-refractivity contribution in [3.63, 3.8) is 0 Å². The van der Waals surface area contributed by atoms with Crippen molar-refractivity contribution >= 4 is 17.6 Å². The Kier molecular flexibility index (Phi) is 3.56. The number of ether oxygens (including phenoxy) is 1. The summed E-state index contributed by atoms with van der Waals surface area (Å²) in [6, 6.07) is 6.42. The van der Waals surface area contributed by atoms with E-state index in [-0.39, 0.29) is 10.6 Å². The van der Waals surface area contributed by atoms with Crippen molar-refractivity contribution in [2.75, 3.05) is 0 Å². The number of nitrogens with zero attached hydrogens (tertiary/aromatic N) is 1. The van der Waals surface area contributed by atoms with Crippen molar-refractivity contribution in [3.8, 4) is 6.07 Å². The molecule has 0 amide bonds. The molecule has 0 saturated carbocycles. The summed E-state index contributed by atoms with van der Waals surface area (Å²) in [6.07, 6.45) is 0. The summed E-state index contributed by atoms with van der Waals surface area (Å²) in [5.74, 6) is -0.484. The summed E-state index contributed by atoms with van der Waals surface area (Å²) < 4.78 is 5.17. The van der Waals surface area contributed by atoms with Crippen LogP contribution in [0.3, 0.4) is 0 Å². The van der Waals surface area contributed by atoms with Crippen molar-refractivity contribution < 1.29 is 9.53 Å². The number of nitriles is 1. The van der Waals surface area contributed by atoms with Gasteiger partial charge in [-0.1, -0.05) is 11.6 Å². The van der Waals surface area contributed by atoms with E-state index in [9.17, 15) is 4.79 Å². The van der Waals surface area contributed by atoms with Crippen LogP contribution >= 0.6 is 11.6 Å². The molecule has 0 spiro atoms. The molecule has 0 heterocycles. The van der Waals surface area contributed by atoms with Crippen molar-refractivity contribution in [2.45, 2.75) is 26.4 Å². The fourth-order valence-electron chi connectivity index (χ4n) is 1.08. The van der Waals surface area contributed by atoms with Gasteiger partial charge in [0.15, 0.2) is 0 Å². The second-order valence-corrected chi connectivity index (χ2v) is 4.72. The van der Waals surface area contributed by atoms with Gasteiger partial charge in [0.2, 0.25) is 0 Å². The normalized spacial score (nSPS) is 10.7. The molecule has 0 unspecified atom stereocenters. The van der Waals surface area contributed by atoms with Crippen LogP contribution in [0.2, 0.25) is 5.02 Å². The number of carbonyl (C=O) groups excluding carboxylic acids is 1. The van der Waals surface area contributed by atoms with E-state index in [1.165, 1.54) is 18.2 Å². The van der Waals surface area contributed by atoms with Crippen LogP contribution in [0.1, 0.15) is 36.7 Å². The van der Waals surface area contributed by atoms with E-state index in [0.29, 0.717) is 5.56 Å². The number of hydrogen-bond donors (Lipinski definition) is 0. The zero-order chi connectivity index (χ0) is 12.3. The highest BCUT2D eigenvalue weighted by Crippen LogP contribution is 2.20. The lowest BCUT2D eigenvalue weighted by molar-refractivity contribution is 0.00698. The minimum absolute atomic E-state index is 0.230.